The van der Waals surface area contributed by atoms with E-state index in [1.165, 1.54) is 0 Å². The zero-order chi connectivity index (χ0) is 15.2. The number of aromatic nitrogens is 3. The molecular formula is C17H13BrN4. The number of rotatable bonds is 4. The molecule has 2 aromatic carbocycles. The molecule has 5 heteroatoms. The summed E-state index contributed by atoms with van der Waals surface area (Å²) in [5, 5.41) is 12.4. The molecule has 0 fully saturated rings. The van der Waals surface area contributed by atoms with Crippen molar-refractivity contribution in [1.82, 2.24) is 14.9 Å². The van der Waals surface area contributed by atoms with Crippen LogP contribution in [0.1, 0.15) is 5.56 Å². The average Bonchev–Trinajstić information content (AvgIpc) is 3.03. The van der Waals surface area contributed by atoms with Gasteiger partial charge in [0.1, 0.15) is 6.33 Å². The smallest absolute Gasteiger partial charge is 0.184 e. The first-order valence-corrected chi connectivity index (χ1v) is 7.54. The van der Waals surface area contributed by atoms with Crippen molar-refractivity contribution in [2.24, 2.45) is 5.10 Å². The minimum Gasteiger partial charge on any atom is -0.200 e. The molecule has 0 amide bonds. The zero-order valence-electron chi connectivity index (χ0n) is 11.7. The summed E-state index contributed by atoms with van der Waals surface area (Å²) in [6.45, 7) is 0. The third-order valence-corrected chi connectivity index (χ3v) is 3.41. The van der Waals surface area contributed by atoms with Gasteiger partial charge in [-0.05, 0) is 27.6 Å². The fourth-order valence-electron chi connectivity index (χ4n) is 1.95. The Balaban J connectivity index is 1.82. The summed E-state index contributed by atoms with van der Waals surface area (Å²) < 4.78 is 2.52. The van der Waals surface area contributed by atoms with Crippen LogP contribution in [0.3, 0.4) is 0 Å². The molecule has 0 bridgehead atoms. The van der Waals surface area contributed by atoms with Gasteiger partial charge in [-0.25, -0.2) is 0 Å². The fraction of sp³-hybridized carbons (Fsp3) is 0. The van der Waals surface area contributed by atoms with Gasteiger partial charge in [0.05, 0.1) is 6.21 Å². The molecule has 0 spiro atoms. The van der Waals surface area contributed by atoms with Gasteiger partial charge in [0.15, 0.2) is 5.82 Å². The molecule has 0 N–H and O–H groups in total. The van der Waals surface area contributed by atoms with Crippen molar-refractivity contribution < 1.29 is 0 Å². The number of hydrogen-bond donors (Lipinski definition) is 0. The van der Waals surface area contributed by atoms with Crippen molar-refractivity contribution in [3.63, 3.8) is 0 Å². The maximum absolute atomic E-state index is 4.39. The van der Waals surface area contributed by atoms with Gasteiger partial charge in [0.2, 0.25) is 0 Å². The Bertz CT molecular complexity index is 792. The van der Waals surface area contributed by atoms with Crippen LogP contribution >= 0.6 is 15.9 Å². The second-order valence-electron chi connectivity index (χ2n) is 4.55. The summed E-state index contributed by atoms with van der Waals surface area (Å²) in [7, 11) is 0. The number of halogens is 1. The van der Waals surface area contributed by atoms with Gasteiger partial charge in [-0.15, -0.1) is 10.2 Å². The van der Waals surface area contributed by atoms with E-state index in [1.54, 1.807) is 17.2 Å². The zero-order valence-corrected chi connectivity index (χ0v) is 13.3. The molecule has 0 radical (unpaired) electrons. The van der Waals surface area contributed by atoms with Crippen molar-refractivity contribution in [3.8, 4) is 11.4 Å². The summed E-state index contributed by atoms with van der Waals surface area (Å²) in [5.74, 6) is 0.705. The van der Waals surface area contributed by atoms with Crippen LogP contribution in [0.4, 0.5) is 0 Å². The Hall–Kier alpha value is -2.53. The summed E-state index contributed by atoms with van der Waals surface area (Å²) in [6.07, 6.45) is 5.31. The molecule has 0 unspecified atom stereocenters. The van der Waals surface area contributed by atoms with Crippen LogP contribution in [-0.2, 0) is 0 Å². The van der Waals surface area contributed by atoms with Crippen LogP contribution < -0.4 is 0 Å². The highest BCUT2D eigenvalue weighted by molar-refractivity contribution is 9.12. The molecule has 0 saturated carbocycles. The van der Waals surface area contributed by atoms with Gasteiger partial charge in [0.25, 0.3) is 0 Å². The average molecular weight is 353 g/mol. The van der Waals surface area contributed by atoms with E-state index in [-0.39, 0.29) is 0 Å². The minimum absolute atomic E-state index is 0.705. The molecule has 1 aromatic heterocycles. The molecule has 1 heterocycles. The lowest BCUT2D eigenvalue weighted by molar-refractivity contribution is 0.889. The predicted octanol–water partition coefficient (Wildman–Crippen LogP) is 4.22. The van der Waals surface area contributed by atoms with E-state index >= 15 is 0 Å². The van der Waals surface area contributed by atoms with Crippen molar-refractivity contribution in [2.45, 2.75) is 0 Å². The SMILES string of the molecule is BrC(/C=N\n1cnnc1-c1ccccc1)=C\c1ccccc1. The molecule has 4 nitrogen and oxygen atoms in total. The predicted molar refractivity (Wildman–Crippen MR) is 92.7 cm³/mol. The Morgan fingerprint density at radius 3 is 2.41 bits per heavy atom. The first-order valence-electron chi connectivity index (χ1n) is 6.75. The highest BCUT2D eigenvalue weighted by Crippen LogP contribution is 2.16. The number of nitrogens with zero attached hydrogens (tertiary/aromatic N) is 4. The van der Waals surface area contributed by atoms with Crippen molar-refractivity contribution in [3.05, 3.63) is 77.0 Å². The van der Waals surface area contributed by atoms with E-state index in [0.717, 1.165) is 15.6 Å². The van der Waals surface area contributed by atoms with Crippen molar-refractivity contribution in [1.29, 1.82) is 0 Å². The topological polar surface area (TPSA) is 43.1 Å². The first kappa shape index (κ1) is 14.4. The highest BCUT2D eigenvalue weighted by atomic mass is 79.9. The second-order valence-corrected chi connectivity index (χ2v) is 5.47. The number of allylic oxidation sites excluding steroid dienone is 1. The molecule has 108 valence electrons. The van der Waals surface area contributed by atoms with Crippen LogP contribution in [0, 0.1) is 0 Å². The van der Waals surface area contributed by atoms with Crippen LogP contribution in [0.15, 0.2) is 76.6 Å². The lowest BCUT2D eigenvalue weighted by Crippen LogP contribution is -1.92. The van der Waals surface area contributed by atoms with Gasteiger partial charge >= 0.3 is 0 Å². The van der Waals surface area contributed by atoms with Crippen molar-refractivity contribution >= 4 is 28.2 Å². The summed E-state index contributed by atoms with van der Waals surface area (Å²) in [5.41, 5.74) is 2.08. The number of benzene rings is 2. The quantitative estimate of drug-likeness (QED) is 0.660. The normalized spacial score (nSPS) is 12.0. The largest absolute Gasteiger partial charge is 0.200 e. The lowest BCUT2D eigenvalue weighted by Gasteiger charge is -2.00. The molecule has 0 aliphatic rings. The third kappa shape index (κ3) is 3.56. The van der Waals surface area contributed by atoms with E-state index in [4.69, 9.17) is 0 Å². The van der Waals surface area contributed by atoms with Crippen LogP contribution in [0.25, 0.3) is 17.5 Å². The van der Waals surface area contributed by atoms with Gasteiger partial charge < -0.3 is 0 Å². The maximum Gasteiger partial charge on any atom is 0.184 e. The van der Waals surface area contributed by atoms with E-state index in [9.17, 15) is 0 Å². The van der Waals surface area contributed by atoms with E-state index in [1.807, 2.05) is 66.7 Å². The molecule has 22 heavy (non-hydrogen) atoms. The van der Waals surface area contributed by atoms with Gasteiger partial charge in [-0.1, -0.05) is 60.7 Å². The van der Waals surface area contributed by atoms with E-state index < -0.39 is 0 Å². The van der Waals surface area contributed by atoms with Crippen LogP contribution in [-0.4, -0.2) is 21.1 Å². The molecular weight excluding hydrogens is 340 g/mol. The number of hydrogen-bond acceptors (Lipinski definition) is 3. The van der Waals surface area contributed by atoms with Crippen molar-refractivity contribution in [2.75, 3.05) is 0 Å². The highest BCUT2D eigenvalue weighted by Gasteiger charge is 2.04. The molecule has 3 aromatic rings. The van der Waals surface area contributed by atoms with Crippen LogP contribution in [0.5, 0.6) is 0 Å². The fourth-order valence-corrected chi connectivity index (χ4v) is 2.31. The summed E-state index contributed by atoms with van der Waals surface area (Å²) >= 11 is 3.50. The van der Waals surface area contributed by atoms with Gasteiger partial charge in [0, 0.05) is 10.0 Å². The third-order valence-electron chi connectivity index (χ3n) is 2.97. The maximum atomic E-state index is 4.39. The lowest BCUT2D eigenvalue weighted by atomic mass is 10.2. The first-order chi connectivity index (χ1) is 10.8. The molecule has 0 aliphatic carbocycles. The van der Waals surface area contributed by atoms with Gasteiger partial charge in [-0.2, -0.15) is 9.78 Å². The molecule has 0 saturated heterocycles. The van der Waals surface area contributed by atoms with Gasteiger partial charge in [-0.3, -0.25) is 0 Å². The molecule has 0 aliphatic heterocycles. The standard InChI is InChI=1S/C17H13BrN4/c18-16(11-14-7-3-1-4-8-14)12-20-22-13-19-21-17(22)15-9-5-2-6-10-15/h1-13H/b16-11-,20-12-. The Kier molecular flexibility index (Phi) is 4.56. The summed E-state index contributed by atoms with van der Waals surface area (Å²) in [4.78, 5) is 0. The molecule has 0 atom stereocenters. The second kappa shape index (κ2) is 6.95. The van der Waals surface area contributed by atoms with E-state index in [2.05, 4.69) is 31.2 Å². The Labute approximate surface area is 137 Å². The van der Waals surface area contributed by atoms with E-state index in [0.29, 0.717) is 5.82 Å². The summed E-state index contributed by atoms with van der Waals surface area (Å²) in [6, 6.07) is 19.9. The monoisotopic (exact) mass is 352 g/mol. The van der Waals surface area contributed by atoms with Crippen LogP contribution in [0.2, 0.25) is 0 Å². The molecule has 3 rings (SSSR count). The Morgan fingerprint density at radius 1 is 1.00 bits per heavy atom. The minimum atomic E-state index is 0.705. The Morgan fingerprint density at radius 2 is 1.68 bits per heavy atom.